The minimum Gasteiger partial charge on any atom is -0.465 e. The molecular formula is C11H18O13S3. The number of esters is 1. The van der Waals surface area contributed by atoms with Crippen molar-refractivity contribution < 1.29 is 57.4 Å². The van der Waals surface area contributed by atoms with Crippen molar-refractivity contribution >= 4 is 42.6 Å². The number of rotatable bonds is 12. The van der Waals surface area contributed by atoms with Gasteiger partial charge in [-0.15, -0.1) is 0 Å². The summed E-state index contributed by atoms with van der Waals surface area (Å²) < 4.78 is 97.6. The van der Waals surface area contributed by atoms with E-state index in [2.05, 4.69) is 15.5 Å². The third-order valence-electron chi connectivity index (χ3n) is 2.83. The molecule has 27 heavy (non-hydrogen) atoms. The van der Waals surface area contributed by atoms with Gasteiger partial charge in [-0.25, -0.2) is 4.79 Å². The standard InChI is InChI=1S/C11H18O13S3/c1-8(10(12)24-27(20,21)22)9(4-2-6-25(14,15)16)11(13)23-5-3-7-26(17,18)19/h9H,1-7H2,(H,14,15,16)(H,17,18,19)(H,20,21,22). The predicted octanol–water partition coefficient (Wildman–Crippen LogP) is -1.01. The molecule has 1 unspecified atom stereocenters. The molecule has 1 atom stereocenters. The first-order valence-corrected chi connectivity index (χ1v) is 11.6. The molecule has 0 aromatic heterocycles. The van der Waals surface area contributed by atoms with Gasteiger partial charge < -0.3 is 8.92 Å². The van der Waals surface area contributed by atoms with E-state index >= 15 is 0 Å². The van der Waals surface area contributed by atoms with E-state index in [9.17, 15) is 34.8 Å². The van der Waals surface area contributed by atoms with E-state index in [1.807, 2.05) is 0 Å². The van der Waals surface area contributed by atoms with Crippen LogP contribution in [0.15, 0.2) is 12.2 Å². The summed E-state index contributed by atoms with van der Waals surface area (Å²) in [5.74, 6) is -6.02. The summed E-state index contributed by atoms with van der Waals surface area (Å²) in [6, 6.07) is 0. The fourth-order valence-corrected chi connectivity index (χ4v) is 3.02. The average molecular weight is 454 g/mol. The van der Waals surface area contributed by atoms with Crippen molar-refractivity contribution in [3.8, 4) is 0 Å². The lowest BCUT2D eigenvalue weighted by Gasteiger charge is -2.16. The Labute approximate surface area is 155 Å². The van der Waals surface area contributed by atoms with Crippen LogP contribution in [0.4, 0.5) is 0 Å². The van der Waals surface area contributed by atoms with Gasteiger partial charge in [0, 0.05) is 5.57 Å². The zero-order valence-corrected chi connectivity index (χ0v) is 16.1. The van der Waals surface area contributed by atoms with E-state index in [0.717, 1.165) is 0 Å². The number of hydrogen-bond acceptors (Lipinski definition) is 10. The number of hydrogen-bond donors (Lipinski definition) is 3. The molecule has 0 saturated carbocycles. The minimum absolute atomic E-state index is 0.301. The van der Waals surface area contributed by atoms with Gasteiger partial charge in [-0.05, 0) is 19.3 Å². The lowest BCUT2D eigenvalue weighted by Crippen LogP contribution is -2.27. The molecule has 0 aromatic rings. The molecule has 0 aliphatic rings. The third kappa shape index (κ3) is 13.3. The van der Waals surface area contributed by atoms with E-state index in [1.165, 1.54) is 0 Å². The van der Waals surface area contributed by atoms with E-state index in [-0.39, 0.29) is 12.8 Å². The Bertz CT molecular complexity index is 866. The molecule has 0 aliphatic heterocycles. The summed E-state index contributed by atoms with van der Waals surface area (Å²) in [6.07, 6.45) is -1.09. The lowest BCUT2D eigenvalue weighted by molar-refractivity contribution is -0.149. The minimum atomic E-state index is -5.20. The second-order valence-electron chi connectivity index (χ2n) is 5.11. The number of carbonyl (C=O) groups excluding carboxylic acids is 2. The number of ether oxygens (including phenoxy) is 1. The van der Waals surface area contributed by atoms with Gasteiger partial charge in [-0.2, -0.15) is 25.3 Å². The van der Waals surface area contributed by atoms with Gasteiger partial charge in [0.05, 0.1) is 24.0 Å². The average Bonchev–Trinajstić information content (AvgIpc) is 2.43. The summed E-state index contributed by atoms with van der Waals surface area (Å²) in [6.45, 7) is 2.64. The molecule has 0 rings (SSSR count). The first kappa shape index (κ1) is 25.4. The molecule has 0 spiro atoms. The molecule has 16 heteroatoms. The van der Waals surface area contributed by atoms with Gasteiger partial charge in [0.25, 0.3) is 20.2 Å². The Morgan fingerprint density at radius 1 is 0.889 bits per heavy atom. The zero-order chi connectivity index (χ0) is 21.5. The summed E-state index contributed by atoms with van der Waals surface area (Å²) in [4.78, 5) is 23.6. The zero-order valence-electron chi connectivity index (χ0n) is 13.7. The summed E-state index contributed by atoms with van der Waals surface area (Å²) in [5, 5.41) is 0. The smallest absolute Gasteiger partial charge is 0.449 e. The molecule has 0 aliphatic carbocycles. The van der Waals surface area contributed by atoms with Crippen LogP contribution in [-0.4, -0.2) is 69.0 Å². The van der Waals surface area contributed by atoms with Gasteiger partial charge in [0.2, 0.25) is 0 Å². The molecule has 0 radical (unpaired) electrons. The maximum absolute atomic E-state index is 12.0. The van der Waals surface area contributed by atoms with Crippen LogP contribution in [0, 0.1) is 5.92 Å². The molecule has 0 saturated heterocycles. The predicted molar refractivity (Wildman–Crippen MR) is 87.9 cm³/mol. The SMILES string of the molecule is C=C(C(=O)OS(=O)(=O)O)C(CCCS(=O)(=O)O)C(=O)OCCCS(=O)(=O)O. The van der Waals surface area contributed by atoms with Crippen molar-refractivity contribution in [2.75, 3.05) is 18.1 Å². The van der Waals surface area contributed by atoms with Gasteiger partial charge in [0.15, 0.2) is 0 Å². The highest BCUT2D eigenvalue weighted by atomic mass is 32.3. The van der Waals surface area contributed by atoms with Crippen molar-refractivity contribution in [1.29, 1.82) is 0 Å². The maximum Gasteiger partial charge on any atom is 0.449 e. The quantitative estimate of drug-likeness (QED) is 0.140. The highest BCUT2D eigenvalue weighted by molar-refractivity contribution is 7.86. The third-order valence-corrected chi connectivity index (χ3v) is 4.81. The molecule has 0 aromatic carbocycles. The van der Waals surface area contributed by atoms with Crippen LogP contribution in [-0.2, 0) is 49.1 Å². The number of carbonyl (C=O) groups is 2. The van der Waals surface area contributed by atoms with Crippen LogP contribution < -0.4 is 0 Å². The summed E-state index contributed by atoms with van der Waals surface area (Å²) in [5.41, 5.74) is -0.789. The van der Waals surface area contributed by atoms with Crippen molar-refractivity contribution in [2.24, 2.45) is 5.92 Å². The monoisotopic (exact) mass is 454 g/mol. The van der Waals surface area contributed by atoms with Gasteiger partial charge in [0.1, 0.15) is 0 Å². The van der Waals surface area contributed by atoms with Crippen LogP contribution in [0.25, 0.3) is 0 Å². The van der Waals surface area contributed by atoms with Crippen molar-refractivity contribution in [1.82, 2.24) is 0 Å². The fraction of sp³-hybridized carbons (Fsp3) is 0.636. The molecule has 158 valence electrons. The van der Waals surface area contributed by atoms with Crippen molar-refractivity contribution in [3.05, 3.63) is 12.2 Å². The van der Waals surface area contributed by atoms with Crippen LogP contribution in [0.1, 0.15) is 19.3 Å². The Hall–Kier alpha value is -1.59. The Balaban J connectivity index is 5.07. The Kier molecular flexibility index (Phi) is 9.50. The highest BCUT2D eigenvalue weighted by Crippen LogP contribution is 2.20. The van der Waals surface area contributed by atoms with Crippen LogP contribution >= 0.6 is 0 Å². The Morgan fingerprint density at radius 3 is 1.81 bits per heavy atom. The molecule has 0 amide bonds. The molecule has 3 N–H and O–H groups in total. The van der Waals surface area contributed by atoms with Crippen LogP contribution in [0.2, 0.25) is 0 Å². The van der Waals surface area contributed by atoms with E-state index < -0.39 is 78.6 Å². The van der Waals surface area contributed by atoms with Gasteiger partial charge >= 0.3 is 22.3 Å². The summed E-state index contributed by atoms with van der Waals surface area (Å²) in [7, 11) is -13.9. The first-order valence-electron chi connectivity index (χ1n) is 6.99. The molecule has 13 nitrogen and oxygen atoms in total. The van der Waals surface area contributed by atoms with E-state index in [0.29, 0.717) is 0 Å². The molecule has 0 bridgehead atoms. The summed E-state index contributed by atoms with van der Waals surface area (Å²) >= 11 is 0. The fourth-order valence-electron chi connectivity index (χ4n) is 1.71. The Morgan fingerprint density at radius 2 is 1.37 bits per heavy atom. The first-order chi connectivity index (χ1) is 12.0. The molecule has 0 fully saturated rings. The maximum atomic E-state index is 12.0. The second kappa shape index (κ2) is 10.1. The van der Waals surface area contributed by atoms with Crippen molar-refractivity contribution in [3.63, 3.8) is 0 Å². The normalized spacial score (nSPS) is 13.6. The topological polar surface area (TPSA) is 216 Å². The lowest BCUT2D eigenvalue weighted by atomic mass is 9.95. The van der Waals surface area contributed by atoms with E-state index in [4.69, 9.17) is 13.7 Å². The molecule has 0 heterocycles. The van der Waals surface area contributed by atoms with E-state index in [1.54, 1.807) is 0 Å². The second-order valence-corrected chi connectivity index (χ2v) is 9.28. The van der Waals surface area contributed by atoms with Crippen LogP contribution in [0.5, 0.6) is 0 Å². The van der Waals surface area contributed by atoms with Crippen LogP contribution in [0.3, 0.4) is 0 Å². The van der Waals surface area contributed by atoms with Gasteiger partial charge in [-0.3, -0.25) is 18.5 Å². The van der Waals surface area contributed by atoms with Crippen molar-refractivity contribution in [2.45, 2.75) is 19.3 Å². The van der Waals surface area contributed by atoms with Gasteiger partial charge in [-0.1, -0.05) is 6.58 Å². The molecular weight excluding hydrogens is 436 g/mol. The highest BCUT2D eigenvalue weighted by Gasteiger charge is 2.31. The largest absolute Gasteiger partial charge is 0.465 e.